The van der Waals surface area contributed by atoms with Crippen LogP contribution in [0.5, 0.6) is 0 Å². The second-order valence-electron chi connectivity index (χ2n) is 6.46. The van der Waals surface area contributed by atoms with Gasteiger partial charge in [-0.3, -0.25) is 0 Å². The van der Waals surface area contributed by atoms with Crippen molar-refractivity contribution in [2.24, 2.45) is 11.8 Å². The van der Waals surface area contributed by atoms with Crippen LogP contribution in [0.2, 0.25) is 0 Å². The molecule has 0 aromatic rings. The molecule has 2 fully saturated rings. The molecular formula is C16H32N2O. The predicted molar refractivity (Wildman–Crippen MR) is 80.4 cm³/mol. The summed E-state index contributed by atoms with van der Waals surface area (Å²) >= 11 is 0. The highest BCUT2D eigenvalue weighted by Gasteiger charge is 2.34. The molecule has 0 spiro atoms. The summed E-state index contributed by atoms with van der Waals surface area (Å²) in [6.07, 6.45) is 7.38. The summed E-state index contributed by atoms with van der Waals surface area (Å²) in [4.78, 5) is 2.42. The van der Waals surface area contributed by atoms with Gasteiger partial charge in [-0.1, -0.05) is 33.1 Å². The summed E-state index contributed by atoms with van der Waals surface area (Å²) in [6.45, 7) is 8.69. The predicted octanol–water partition coefficient (Wildman–Crippen LogP) is 2.51. The number of morpholine rings is 1. The van der Waals surface area contributed by atoms with Gasteiger partial charge in [0.1, 0.15) is 0 Å². The fourth-order valence-corrected chi connectivity index (χ4v) is 3.90. The molecule has 3 nitrogen and oxygen atoms in total. The Morgan fingerprint density at radius 1 is 1.32 bits per heavy atom. The minimum absolute atomic E-state index is 0.388. The molecule has 0 bridgehead atoms. The third kappa shape index (κ3) is 4.17. The summed E-state index contributed by atoms with van der Waals surface area (Å²) in [5, 5.41) is 3.74. The first-order chi connectivity index (χ1) is 9.24. The van der Waals surface area contributed by atoms with Crippen molar-refractivity contribution in [1.29, 1.82) is 0 Å². The van der Waals surface area contributed by atoms with Crippen LogP contribution in [-0.4, -0.2) is 50.3 Å². The van der Waals surface area contributed by atoms with Crippen molar-refractivity contribution >= 4 is 0 Å². The van der Waals surface area contributed by atoms with E-state index in [0.717, 1.165) is 38.1 Å². The standard InChI is InChI=1S/C16H32N2O/c1-4-13-7-6-8-14(11-13)16(17-5-2)15-12-18(3)9-10-19-15/h13-17H,4-12H2,1-3H3. The first-order valence-electron chi connectivity index (χ1n) is 8.28. The van der Waals surface area contributed by atoms with Crippen LogP contribution in [0.4, 0.5) is 0 Å². The van der Waals surface area contributed by atoms with Gasteiger partial charge in [-0.2, -0.15) is 0 Å². The lowest BCUT2D eigenvalue weighted by atomic mass is 9.75. The maximum atomic E-state index is 6.08. The second kappa shape index (κ2) is 7.61. The van der Waals surface area contributed by atoms with Gasteiger partial charge in [0.25, 0.3) is 0 Å². The van der Waals surface area contributed by atoms with Crippen LogP contribution in [0.1, 0.15) is 46.0 Å². The lowest BCUT2D eigenvalue weighted by Crippen LogP contribution is -2.54. The van der Waals surface area contributed by atoms with Crippen LogP contribution in [0, 0.1) is 11.8 Å². The molecule has 1 saturated heterocycles. The molecule has 1 heterocycles. The maximum Gasteiger partial charge on any atom is 0.0857 e. The fourth-order valence-electron chi connectivity index (χ4n) is 3.90. The number of hydrogen-bond acceptors (Lipinski definition) is 3. The van der Waals surface area contributed by atoms with Crippen LogP contribution in [0.3, 0.4) is 0 Å². The molecule has 2 rings (SSSR count). The maximum absolute atomic E-state index is 6.08. The Bertz CT molecular complexity index is 259. The zero-order chi connectivity index (χ0) is 13.7. The van der Waals surface area contributed by atoms with E-state index >= 15 is 0 Å². The highest BCUT2D eigenvalue weighted by molar-refractivity contribution is 4.90. The highest BCUT2D eigenvalue weighted by Crippen LogP contribution is 2.34. The molecule has 1 aliphatic carbocycles. The van der Waals surface area contributed by atoms with Crippen molar-refractivity contribution in [3.8, 4) is 0 Å². The zero-order valence-electron chi connectivity index (χ0n) is 13.0. The largest absolute Gasteiger partial charge is 0.374 e. The third-order valence-electron chi connectivity index (χ3n) is 5.05. The molecule has 1 aliphatic heterocycles. The van der Waals surface area contributed by atoms with Gasteiger partial charge in [0, 0.05) is 19.1 Å². The highest BCUT2D eigenvalue weighted by atomic mass is 16.5. The SMILES string of the molecule is CCNC(C1CCCC(CC)C1)C1CN(C)CCO1. The summed E-state index contributed by atoms with van der Waals surface area (Å²) in [7, 11) is 2.22. The van der Waals surface area contributed by atoms with Gasteiger partial charge in [0.15, 0.2) is 0 Å². The molecule has 0 aromatic heterocycles. The van der Waals surface area contributed by atoms with E-state index in [-0.39, 0.29) is 0 Å². The average Bonchev–Trinajstić information content (AvgIpc) is 2.45. The number of rotatable bonds is 5. The Balaban J connectivity index is 1.97. The Hall–Kier alpha value is -0.120. The van der Waals surface area contributed by atoms with E-state index in [1.54, 1.807) is 0 Å². The Morgan fingerprint density at radius 2 is 2.16 bits per heavy atom. The van der Waals surface area contributed by atoms with Gasteiger partial charge in [0.2, 0.25) is 0 Å². The van der Waals surface area contributed by atoms with Crippen LogP contribution < -0.4 is 5.32 Å². The molecule has 4 unspecified atom stereocenters. The monoisotopic (exact) mass is 268 g/mol. The van der Waals surface area contributed by atoms with Crippen molar-refractivity contribution < 1.29 is 4.74 Å². The van der Waals surface area contributed by atoms with E-state index in [1.807, 2.05) is 0 Å². The Kier molecular flexibility index (Phi) is 6.11. The number of nitrogens with one attached hydrogen (secondary N) is 1. The van der Waals surface area contributed by atoms with E-state index in [0.29, 0.717) is 12.1 Å². The molecular weight excluding hydrogens is 236 g/mol. The molecule has 4 atom stereocenters. The molecule has 0 radical (unpaired) electrons. The van der Waals surface area contributed by atoms with Crippen molar-refractivity contribution in [3.05, 3.63) is 0 Å². The van der Waals surface area contributed by atoms with Crippen LogP contribution in [0.25, 0.3) is 0 Å². The van der Waals surface area contributed by atoms with E-state index < -0.39 is 0 Å². The molecule has 3 heteroatoms. The third-order valence-corrected chi connectivity index (χ3v) is 5.05. The van der Waals surface area contributed by atoms with Gasteiger partial charge in [0.05, 0.1) is 12.7 Å². The summed E-state index contributed by atoms with van der Waals surface area (Å²) < 4.78 is 6.08. The van der Waals surface area contributed by atoms with Crippen LogP contribution in [0.15, 0.2) is 0 Å². The normalized spacial score (nSPS) is 35.2. The number of ether oxygens (including phenoxy) is 1. The van der Waals surface area contributed by atoms with Gasteiger partial charge in [-0.15, -0.1) is 0 Å². The molecule has 0 aromatic carbocycles. The smallest absolute Gasteiger partial charge is 0.0857 e. The van der Waals surface area contributed by atoms with Crippen molar-refractivity contribution in [2.45, 2.75) is 58.1 Å². The number of hydrogen-bond donors (Lipinski definition) is 1. The quantitative estimate of drug-likeness (QED) is 0.829. The average molecular weight is 268 g/mol. The molecule has 19 heavy (non-hydrogen) atoms. The minimum Gasteiger partial charge on any atom is -0.374 e. The Labute approximate surface area is 119 Å². The summed E-state index contributed by atoms with van der Waals surface area (Å²) in [5.41, 5.74) is 0. The van der Waals surface area contributed by atoms with Crippen LogP contribution >= 0.6 is 0 Å². The second-order valence-corrected chi connectivity index (χ2v) is 6.46. The summed E-state index contributed by atoms with van der Waals surface area (Å²) in [6, 6.07) is 0.557. The summed E-state index contributed by atoms with van der Waals surface area (Å²) in [5.74, 6) is 1.76. The van der Waals surface area contributed by atoms with Gasteiger partial charge >= 0.3 is 0 Å². The lowest BCUT2D eigenvalue weighted by Gasteiger charge is -2.42. The van der Waals surface area contributed by atoms with Crippen molar-refractivity contribution in [1.82, 2.24) is 10.2 Å². The first-order valence-corrected chi connectivity index (χ1v) is 8.28. The van der Waals surface area contributed by atoms with Gasteiger partial charge < -0.3 is 15.0 Å². The van der Waals surface area contributed by atoms with Gasteiger partial charge in [-0.05, 0) is 38.3 Å². The Morgan fingerprint density at radius 3 is 2.84 bits per heavy atom. The minimum atomic E-state index is 0.388. The fraction of sp³-hybridized carbons (Fsp3) is 1.00. The van der Waals surface area contributed by atoms with Gasteiger partial charge in [-0.25, -0.2) is 0 Å². The topological polar surface area (TPSA) is 24.5 Å². The number of nitrogens with zero attached hydrogens (tertiary/aromatic N) is 1. The molecule has 0 amide bonds. The molecule has 112 valence electrons. The van der Waals surface area contributed by atoms with E-state index in [9.17, 15) is 0 Å². The first kappa shape index (κ1) is 15.3. The van der Waals surface area contributed by atoms with Crippen molar-refractivity contribution in [3.63, 3.8) is 0 Å². The molecule has 1 N–H and O–H groups in total. The number of likely N-dealkylation sites (N-methyl/N-ethyl adjacent to an activating group) is 2. The van der Waals surface area contributed by atoms with E-state index in [2.05, 4.69) is 31.1 Å². The van der Waals surface area contributed by atoms with Crippen LogP contribution in [-0.2, 0) is 4.74 Å². The van der Waals surface area contributed by atoms with E-state index in [1.165, 1.54) is 32.1 Å². The van der Waals surface area contributed by atoms with E-state index in [4.69, 9.17) is 4.74 Å². The lowest BCUT2D eigenvalue weighted by molar-refractivity contribution is -0.0541. The van der Waals surface area contributed by atoms with Crippen molar-refractivity contribution in [2.75, 3.05) is 33.3 Å². The molecule has 1 saturated carbocycles. The molecule has 2 aliphatic rings. The zero-order valence-corrected chi connectivity index (χ0v) is 13.0.